The zero-order chi connectivity index (χ0) is 63.1. The number of primary amides is 1. The van der Waals surface area contributed by atoms with Crippen molar-refractivity contribution >= 4 is 231 Å². The molecule has 2 unspecified atom stereocenters. The van der Waals surface area contributed by atoms with Crippen molar-refractivity contribution < 1.29 is 74.3 Å². The van der Waals surface area contributed by atoms with E-state index in [1.54, 1.807) is 23.9 Å². The Bertz CT molecular complexity index is 1780. The number of nitrogens with zero attached hydrogens (tertiary/aromatic N) is 6. The minimum absolute atomic E-state index is 0. The number of rotatable bonds is 12. The van der Waals surface area contributed by atoms with E-state index in [9.17, 15) is 56.4 Å². The third-order valence-electron chi connectivity index (χ3n) is 6.81. The molecule has 23 nitrogen and oxygen atoms in total. The van der Waals surface area contributed by atoms with Gasteiger partial charge < -0.3 is 35.0 Å². The van der Waals surface area contributed by atoms with Crippen LogP contribution >= 0.6 is 104 Å². The van der Waals surface area contributed by atoms with E-state index in [2.05, 4.69) is 57.5 Å². The number of amides is 7. The van der Waals surface area contributed by atoms with Crippen molar-refractivity contribution in [2.45, 2.75) is 68.0 Å². The number of ether oxygens (including phenoxy) is 1. The van der Waals surface area contributed by atoms with Gasteiger partial charge in [0.15, 0.2) is 22.2 Å². The Hall–Kier alpha value is -2.24. The van der Waals surface area contributed by atoms with Gasteiger partial charge in [-0.1, -0.05) is 27.7 Å². The summed E-state index contributed by atoms with van der Waals surface area (Å²) >= 11 is 41.1. The molecule has 0 bridgehead atoms. The number of carbonyl (C=O) groups excluding carboxylic acids is 11. The van der Waals surface area contributed by atoms with Gasteiger partial charge in [0.2, 0.25) is 32.8 Å². The zero-order valence-electron chi connectivity index (χ0n) is 45.6. The van der Waals surface area contributed by atoms with Crippen LogP contribution in [0.1, 0.15) is 65.8 Å². The van der Waals surface area contributed by atoms with Crippen molar-refractivity contribution in [3.05, 3.63) is 16.8 Å². The molecule has 3 rings (SSSR count). The maximum Gasteiger partial charge on any atom is 0 e. The van der Waals surface area contributed by atoms with Crippen LogP contribution in [-0.2, 0) is 77.1 Å². The van der Waals surface area contributed by atoms with E-state index in [0.29, 0.717) is 13.1 Å². The first-order chi connectivity index (χ1) is 35.5. The monoisotopic (exact) mass is 1320 g/mol. The zero-order valence-corrected chi connectivity index (χ0v) is 54.1. The van der Waals surface area contributed by atoms with Crippen molar-refractivity contribution in [3.8, 4) is 0 Å². The summed E-state index contributed by atoms with van der Waals surface area (Å²) in [7, 11) is 18.1. The third-order valence-corrected chi connectivity index (χ3v) is 10.3. The van der Waals surface area contributed by atoms with E-state index in [-0.39, 0.29) is 67.7 Å². The van der Waals surface area contributed by atoms with Gasteiger partial charge in [0.05, 0.1) is 27.6 Å². The number of likely N-dealkylation sites (tertiary alicyclic amines) is 1. The van der Waals surface area contributed by atoms with Crippen LogP contribution in [0.15, 0.2) is 5.86 Å². The summed E-state index contributed by atoms with van der Waals surface area (Å²) in [6, 6.07) is 0. The Morgan fingerprint density at radius 2 is 0.910 bits per heavy atom. The van der Waals surface area contributed by atoms with E-state index in [4.69, 9.17) is 86.0 Å². The smallest absolute Gasteiger partial charge is 0 e. The second kappa shape index (κ2) is 67.3. The molecule has 1 saturated heterocycles. The molecule has 7 radical (unpaired) electrons. The average molecular weight is 1320 g/mol. The van der Waals surface area contributed by atoms with Crippen molar-refractivity contribution in [2.24, 2.45) is 5.73 Å². The number of hydrogen-bond donors (Lipinski definition) is 1. The predicted octanol–water partition coefficient (Wildman–Crippen LogP) is 5.36. The number of fused-ring (bicyclic) bond motifs is 1. The number of halogens is 9. The fourth-order valence-electron chi connectivity index (χ4n) is 3.31. The Morgan fingerprint density at radius 1 is 0.603 bits per heavy atom. The van der Waals surface area contributed by atoms with E-state index < -0.39 is 54.0 Å². The van der Waals surface area contributed by atoms with Gasteiger partial charge in [0, 0.05) is 93.0 Å². The van der Waals surface area contributed by atoms with Crippen molar-refractivity contribution in [3.63, 3.8) is 0 Å². The second-order valence-electron chi connectivity index (χ2n) is 12.6. The number of hydrogen-bond acceptors (Lipinski definition) is 16. The SMILES string of the molecule is CC.CC.CC(=O)Cl.CC(=O)N(C)CN(C)C(=O)Cl.CC(=O)N(C)CN(C)C(=O)Cl.COCC(=O)Cl.COS(=O)CC(=O)Cl.COS(=O)CC(=O)Cl.NC(=O)Cl.O=C(Cl)N1CCC1.O=C(Cl)N1Cc2bbcbc2C1.[B].[B][B]. The molecule has 40 heteroatoms. The van der Waals surface area contributed by atoms with Gasteiger partial charge in [-0.05, 0) is 99.2 Å². The Balaban J connectivity index is -0.0000000836. The maximum absolute atomic E-state index is 10.8. The molecule has 441 valence electrons. The molecule has 2 atom stereocenters. The second-order valence-corrected chi connectivity index (χ2v) is 18.5. The van der Waals surface area contributed by atoms with E-state index in [1.165, 1.54) is 86.7 Å². The van der Waals surface area contributed by atoms with Gasteiger partial charge >= 0.3 is 98.5 Å². The van der Waals surface area contributed by atoms with Gasteiger partial charge in [0.1, 0.15) is 18.1 Å². The van der Waals surface area contributed by atoms with Crippen molar-refractivity contribution in [2.75, 3.05) is 94.1 Å². The molecule has 0 saturated carbocycles. The minimum Gasteiger partial charge on any atom is 0 e. The number of nitrogens with two attached hydrogens (primary N) is 1. The molecule has 1 aromatic heterocycles. The van der Waals surface area contributed by atoms with Gasteiger partial charge in [-0.15, -0.1) is 0 Å². The van der Waals surface area contributed by atoms with E-state index >= 15 is 0 Å². The fourth-order valence-corrected chi connectivity index (χ4v) is 4.96. The first-order valence-electron chi connectivity index (χ1n) is 21.1. The summed E-state index contributed by atoms with van der Waals surface area (Å²) in [6.07, 6.45) is 1.11. The molecule has 0 aliphatic carbocycles. The molecule has 0 spiro atoms. The maximum atomic E-state index is 10.8. The van der Waals surface area contributed by atoms with Gasteiger partial charge in [-0.2, -0.15) is 0 Å². The molecule has 2 aliphatic heterocycles. The predicted molar refractivity (Wildman–Crippen MR) is 319 cm³/mol. The first-order valence-corrected chi connectivity index (χ1v) is 27.0. The largest absolute Gasteiger partial charge is 0 e. The first kappa shape index (κ1) is 97.9. The van der Waals surface area contributed by atoms with Crippen molar-refractivity contribution in [1.82, 2.24) is 29.4 Å². The van der Waals surface area contributed by atoms with Gasteiger partial charge in [-0.3, -0.25) is 56.3 Å². The van der Waals surface area contributed by atoms with Crippen LogP contribution in [-0.4, -0.2) is 236 Å². The van der Waals surface area contributed by atoms with Crippen LogP contribution in [0.3, 0.4) is 0 Å². The normalized spacial score (nSPS) is 10.6. The summed E-state index contributed by atoms with van der Waals surface area (Å²) in [5.41, 5.74) is 6.64. The quantitative estimate of drug-likeness (QED) is 0.119. The fraction of sp³-hybridized carbons (Fsp3) is 0.632. The topological polar surface area (TPSA) is 295 Å². The van der Waals surface area contributed by atoms with Gasteiger partial charge in [-0.25, -0.2) is 8.42 Å². The molecule has 2 aliphatic rings. The third kappa shape index (κ3) is 80.2. The van der Waals surface area contributed by atoms with E-state index in [1.807, 2.05) is 54.1 Å². The molecule has 1 fully saturated rings. The van der Waals surface area contributed by atoms with Gasteiger partial charge in [0.25, 0.3) is 0 Å². The molecule has 3 heterocycles. The van der Waals surface area contributed by atoms with Crippen LogP contribution in [0.4, 0.5) is 24.0 Å². The van der Waals surface area contributed by atoms with Crippen molar-refractivity contribution in [1.29, 1.82) is 0 Å². The van der Waals surface area contributed by atoms with Crippen LogP contribution in [0.25, 0.3) is 0 Å². The summed E-state index contributed by atoms with van der Waals surface area (Å²) in [6.45, 7) is 21.6. The Morgan fingerprint density at radius 3 is 1.06 bits per heavy atom. The Kier molecular flexibility index (Phi) is 84.4. The molecular formula is C38H65B6Cl9N7O16S2. The molecule has 2 N–H and O–H groups in total. The molecular weight excluding hydrogens is 1260 g/mol. The minimum atomic E-state index is -1.54. The number of carbonyl (C=O) groups is 11. The standard InChI is InChI=1S/C6H5B3ClNO.2C6H11ClN2O2.C4H6ClNO.2C3H5ClO3S.C3H5ClO2.C2H3ClO.2C2H6.CH2ClNO.B2.B/c10-6(12)11-1-4-5(2-11)9-8-3-7-4;2*1-5(10)8(2)4-9(3)6(7)11;5-4(7)6-2-1-3-6;2*1-7-8(6)2-3(4)5;1-6-2-3(4)5;1-2(3)4;2*1-2;2-1(3)4;1-2;/h3H,1-2H2;2*4H2,1-3H3;1-3H2;2*2H2,1H3;2H2,1H3;1H3;2*1-2H3;(H2,3,4);;. The summed E-state index contributed by atoms with van der Waals surface area (Å²) in [5.74, 6) is 1.29. The summed E-state index contributed by atoms with van der Waals surface area (Å²) in [4.78, 5) is 119. The van der Waals surface area contributed by atoms with Crippen LogP contribution in [0.5, 0.6) is 0 Å². The summed E-state index contributed by atoms with van der Waals surface area (Å²) in [5, 5.41) is -4.80. The van der Waals surface area contributed by atoms with Crippen LogP contribution in [0.2, 0.25) is 0 Å². The van der Waals surface area contributed by atoms with Crippen LogP contribution < -0.4 is 5.73 Å². The molecule has 7 amide bonds. The molecule has 1 aromatic rings. The van der Waals surface area contributed by atoms with E-state index in [0.717, 1.165) is 19.5 Å². The number of methoxy groups -OCH3 is 1. The molecule has 78 heavy (non-hydrogen) atoms. The Labute approximate surface area is 515 Å². The van der Waals surface area contributed by atoms with Crippen LogP contribution in [0, 0.1) is 0 Å². The molecule has 0 aromatic carbocycles. The average Bonchev–Trinajstić information content (AvgIpc) is 3.76. The summed E-state index contributed by atoms with van der Waals surface area (Å²) < 4.78 is 33.2.